The molecule has 0 radical (unpaired) electrons. The molecule has 20 heavy (non-hydrogen) atoms. The molecule has 4 N–H and O–H groups in total. The second kappa shape index (κ2) is 4.36. The van der Waals surface area contributed by atoms with Crippen molar-refractivity contribution >= 4 is 6.03 Å². The lowest BCUT2D eigenvalue weighted by Gasteiger charge is -2.57. The van der Waals surface area contributed by atoms with Gasteiger partial charge in [0.1, 0.15) is 0 Å². The highest BCUT2D eigenvalue weighted by molar-refractivity contribution is 5.76. The molecule has 112 valence electrons. The summed E-state index contributed by atoms with van der Waals surface area (Å²) in [6.07, 6.45) is 11.1. The molecule has 0 saturated heterocycles. The molecular formula is C16H27N3O. The van der Waals surface area contributed by atoms with Gasteiger partial charge in [-0.3, -0.25) is 0 Å². The van der Waals surface area contributed by atoms with E-state index in [2.05, 4.69) is 10.6 Å². The number of nitrogens with two attached hydrogens (primary N) is 1. The second-order valence-electron chi connectivity index (χ2n) is 8.12. The molecule has 0 aromatic heterocycles. The summed E-state index contributed by atoms with van der Waals surface area (Å²) in [5.74, 6) is 2.61. The van der Waals surface area contributed by atoms with Crippen LogP contribution in [-0.4, -0.2) is 23.7 Å². The van der Waals surface area contributed by atoms with Gasteiger partial charge >= 0.3 is 6.03 Å². The van der Waals surface area contributed by atoms with Gasteiger partial charge in [-0.1, -0.05) is 0 Å². The van der Waals surface area contributed by atoms with Crippen molar-refractivity contribution in [2.24, 2.45) is 23.5 Å². The molecule has 2 amide bonds. The Morgan fingerprint density at radius 2 is 1.55 bits per heavy atom. The van der Waals surface area contributed by atoms with Crippen LogP contribution in [0, 0.1) is 17.8 Å². The van der Waals surface area contributed by atoms with Gasteiger partial charge in [0.2, 0.25) is 0 Å². The summed E-state index contributed by atoms with van der Waals surface area (Å²) in [5.41, 5.74) is 5.84. The number of amides is 2. The Labute approximate surface area is 121 Å². The fourth-order valence-electron chi connectivity index (χ4n) is 5.76. The number of hydrogen-bond acceptors (Lipinski definition) is 2. The van der Waals surface area contributed by atoms with Gasteiger partial charge in [-0.2, -0.15) is 0 Å². The van der Waals surface area contributed by atoms with Crippen LogP contribution in [0.2, 0.25) is 0 Å². The van der Waals surface area contributed by atoms with E-state index in [1.807, 2.05) is 0 Å². The Morgan fingerprint density at radius 1 is 1.00 bits per heavy atom. The Morgan fingerprint density at radius 3 is 1.95 bits per heavy atom. The quantitative estimate of drug-likeness (QED) is 0.740. The Hall–Kier alpha value is -0.770. The van der Waals surface area contributed by atoms with Crippen LogP contribution in [0.15, 0.2) is 0 Å². The molecule has 5 aliphatic rings. The van der Waals surface area contributed by atoms with E-state index in [-0.39, 0.29) is 17.1 Å². The van der Waals surface area contributed by atoms with Gasteiger partial charge in [0.15, 0.2) is 0 Å². The van der Waals surface area contributed by atoms with E-state index in [4.69, 9.17) is 5.73 Å². The van der Waals surface area contributed by atoms with Crippen LogP contribution in [0.1, 0.15) is 57.8 Å². The largest absolute Gasteiger partial charge is 0.333 e. The molecule has 5 fully saturated rings. The number of hydrogen-bond donors (Lipinski definition) is 3. The van der Waals surface area contributed by atoms with Gasteiger partial charge in [-0.05, 0) is 75.5 Å². The molecule has 0 spiro atoms. The molecule has 0 aromatic rings. The first-order chi connectivity index (χ1) is 9.60. The van der Waals surface area contributed by atoms with Crippen LogP contribution in [0.3, 0.4) is 0 Å². The predicted molar refractivity (Wildman–Crippen MR) is 78.2 cm³/mol. The average molecular weight is 277 g/mol. The van der Waals surface area contributed by atoms with Crippen molar-refractivity contribution in [1.29, 1.82) is 0 Å². The van der Waals surface area contributed by atoms with Crippen molar-refractivity contribution in [3.8, 4) is 0 Å². The summed E-state index contributed by atoms with van der Waals surface area (Å²) < 4.78 is 0. The topological polar surface area (TPSA) is 67.1 Å². The van der Waals surface area contributed by atoms with Crippen LogP contribution in [-0.2, 0) is 0 Å². The van der Waals surface area contributed by atoms with E-state index in [9.17, 15) is 4.79 Å². The Kier molecular flexibility index (Phi) is 2.82. The minimum absolute atomic E-state index is 0.0390. The standard InChI is InChI=1S/C16H27N3O/c17-10-15(2-1-3-15)18-14(20)19-16-7-11-4-12(8-16)6-13(5-11)9-16/h11-13H,1-10,17H2,(H2,18,19,20). The van der Waals surface area contributed by atoms with Crippen molar-refractivity contribution in [1.82, 2.24) is 10.6 Å². The maximum absolute atomic E-state index is 12.4. The number of nitrogens with one attached hydrogen (secondary N) is 2. The average Bonchev–Trinajstić information content (AvgIpc) is 2.31. The molecule has 0 aliphatic heterocycles. The van der Waals surface area contributed by atoms with Crippen molar-refractivity contribution in [3.63, 3.8) is 0 Å². The van der Waals surface area contributed by atoms with E-state index in [0.29, 0.717) is 6.54 Å². The van der Waals surface area contributed by atoms with E-state index < -0.39 is 0 Å². The van der Waals surface area contributed by atoms with Crippen molar-refractivity contribution in [2.45, 2.75) is 68.9 Å². The number of rotatable bonds is 3. The fraction of sp³-hybridized carbons (Fsp3) is 0.938. The molecule has 0 atom stereocenters. The van der Waals surface area contributed by atoms with Gasteiger partial charge in [0, 0.05) is 12.1 Å². The third kappa shape index (κ3) is 2.03. The smallest absolute Gasteiger partial charge is 0.315 e. The van der Waals surface area contributed by atoms with Crippen molar-refractivity contribution < 1.29 is 4.79 Å². The van der Waals surface area contributed by atoms with E-state index in [0.717, 1.165) is 30.6 Å². The van der Waals surface area contributed by atoms with Crippen LogP contribution >= 0.6 is 0 Å². The zero-order valence-corrected chi connectivity index (χ0v) is 12.3. The van der Waals surface area contributed by atoms with E-state index in [1.54, 1.807) is 0 Å². The monoisotopic (exact) mass is 277 g/mol. The fourth-order valence-corrected chi connectivity index (χ4v) is 5.76. The van der Waals surface area contributed by atoms with Crippen LogP contribution in [0.4, 0.5) is 4.79 Å². The maximum atomic E-state index is 12.4. The number of urea groups is 1. The molecular weight excluding hydrogens is 250 g/mol. The van der Waals surface area contributed by atoms with Crippen molar-refractivity contribution in [3.05, 3.63) is 0 Å². The highest BCUT2D eigenvalue weighted by Gasteiger charge is 2.52. The van der Waals surface area contributed by atoms with Gasteiger partial charge < -0.3 is 16.4 Å². The van der Waals surface area contributed by atoms with Crippen molar-refractivity contribution in [2.75, 3.05) is 6.54 Å². The third-order valence-corrected chi connectivity index (χ3v) is 6.50. The number of carbonyl (C=O) groups excluding carboxylic acids is 1. The Bertz CT molecular complexity index is 375. The molecule has 5 aliphatic carbocycles. The highest BCUT2D eigenvalue weighted by atomic mass is 16.2. The molecule has 5 saturated carbocycles. The first-order valence-corrected chi connectivity index (χ1v) is 8.41. The summed E-state index contributed by atoms with van der Waals surface area (Å²) in [5, 5.41) is 6.56. The van der Waals surface area contributed by atoms with Gasteiger partial charge in [0.05, 0.1) is 5.54 Å². The van der Waals surface area contributed by atoms with Crippen LogP contribution in [0.25, 0.3) is 0 Å². The van der Waals surface area contributed by atoms with Crippen LogP contribution in [0.5, 0.6) is 0 Å². The second-order valence-corrected chi connectivity index (χ2v) is 8.12. The Balaban J connectivity index is 1.42. The zero-order chi connectivity index (χ0) is 13.8. The first kappa shape index (κ1) is 12.9. The van der Waals surface area contributed by atoms with Gasteiger partial charge in [0.25, 0.3) is 0 Å². The summed E-state index contributed by atoms with van der Waals surface area (Å²) >= 11 is 0. The molecule has 4 nitrogen and oxygen atoms in total. The highest BCUT2D eigenvalue weighted by Crippen LogP contribution is 2.55. The molecule has 0 unspecified atom stereocenters. The third-order valence-electron chi connectivity index (χ3n) is 6.50. The lowest BCUT2D eigenvalue weighted by molar-refractivity contribution is -0.0142. The number of carbonyl (C=O) groups is 1. The SMILES string of the molecule is NCC1(NC(=O)NC23CC4CC(CC(C4)C2)C3)CCC1. The minimum Gasteiger partial charge on any atom is -0.333 e. The van der Waals surface area contributed by atoms with Gasteiger partial charge in [-0.15, -0.1) is 0 Å². The van der Waals surface area contributed by atoms with E-state index in [1.165, 1.54) is 44.9 Å². The first-order valence-electron chi connectivity index (χ1n) is 8.41. The maximum Gasteiger partial charge on any atom is 0.315 e. The summed E-state index contributed by atoms with van der Waals surface area (Å²) in [7, 11) is 0. The summed E-state index contributed by atoms with van der Waals surface area (Å²) in [6, 6.07) is 0.0390. The molecule has 0 heterocycles. The zero-order valence-electron chi connectivity index (χ0n) is 12.3. The normalized spacial score (nSPS) is 44.0. The lowest BCUT2D eigenvalue weighted by atomic mass is 9.53. The summed E-state index contributed by atoms with van der Waals surface area (Å²) in [6.45, 7) is 0.571. The minimum atomic E-state index is -0.105. The lowest BCUT2D eigenvalue weighted by Crippen LogP contribution is -2.66. The molecule has 4 bridgehead atoms. The summed E-state index contributed by atoms with van der Waals surface area (Å²) in [4.78, 5) is 12.4. The predicted octanol–water partition coefficient (Wildman–Crippen LogP) is 2.14. The van der Waals surface area contributed by atoms with Crippen LogP contribution < -0.4 is 16.4 Å². The molecule has 4 heteroatoms. The van der Waals surface area contributed by atoms with Gasteiger partial charge in [-0.25, -0.2) is 4.79 Å². The van der Waals surface area contributed by atoms with E-state index >= 15 is 0 Å². The molecule has 0 aromatic carbocycles. The molecule has 5 rings (SSSR count).